The Balaban J connectivity index is 0.00000225. The first-order valence-corrected chi connectivity index (χ1v) is 5.80. The van der Waals surface area contributed by atoms with Crippen molar-refractivity contribution in [3.8, 4) is 5.75 Å². The Bertz CT molecular complexity index is 396. The molecule has 0 aliphatic rings. The normalized spacial score (nSPS) is 13.7. The predicted molar refractivity (Wildman–Crippen MR) is 54.2 cm³/mol. The number of rotatable bonds is 4. The topological polar surface area (TPSA) is 108 Å². The Hall–Kier alpha value is 0.566. The van der Waals surface area contributed by atoms with Gasteiger partial charge in [0.2, 0.25) is 0 Å². The number of benzene rings is 1. The first-order valence-electron chi connectivity index (χ1n) is 4.11. The van der Waals surface area contributed by atoms with Crippen molar-refractivity contribution in [1.82, 2.24) is 0 Å². The molecule has 0 saturated carbocycles. The number of phenolic OH excluding ortho intramolecular Hbond substituents is 1. The Morgan fingerprint density at radius 1 is 1.62 bits per heavy atom. The third-order valence-electron chi connectivity index (χ3n) is 1.66. The molecule has 0 aliphatic heterocycles. The van der Waals surface area contributed by atoms with E-state index in [1.54, 1.807) is 0 Å². The van der Waals surface area contributed by atoms with Gasteiger partial charge in [0.15, 0.2) is 7.67 Å². The van der Waals surface area contributed by atoms with Crippen molar-refractivity contribution < 1.29 is 70.7 Å². The van der Waals surface area contributed by atoms with Crippen LogP contribution in [0.4, 0.5) is 5.69 Å². The minimum atomic E-state index is -4.06. The summed E-state index contributed by atoms with van der Waals surface area (Å²) in [7, 11) is -2.59. The van der Waals surface area contributed by atoms with Gasteiger partial charge in [0.1, 0.15) is 5.75 Å². The van der Waals surface area contributed by atoms with Gasteiger partial charge in [-0.2, -0.15) is 0 Å². The number of anilines is 1. The molecule has 1 aromatic rings. The van der Waals surface area contributed by atoms with Crippen LogP contribution in [0.1, 0.15) is 5.56 Å². The molecule has 0 aliphatic carbocycles. The van der Waals surface area contributed by atoms with Crippen molar-refractivity contribution in [3.63, 3.8) is 0 Å². The van der Waals surface area contributed by atoms with Crippen LogP contribution in [0.2, 0.25) is 0 Å². The Labute approximate surface area is 136 Å². The van der Waals surface area contributed by atoms with E-state index in [2.05, 4.69) is 5.09 Å². The predicted octanol–water partition coefficient (Wildman–Crippen LogP) is -2.62. The molecule has 8 heteroatoms. The van der Waals surface area contributed by atoms with Crippen LogP contribution in [-0.4, -0.2) is 12.2 Å². The summed E-state index contributed by atoms with van der Waals surface area (Å²) in [5.41, 5.74) is 5.60. The zero-order valence-electron chi connectivity index (χ0n) is 9.14. The van der Waals surface area contributed by atoms with E-state index >= 15 is 0 Å². The van der Waals surface area contributed by atoms with Crippen molar-refractivity contribution in [3.05, 3.63) is 23.8 Å². The van der Waals surface area contributed by atoms with E-state index < -0.39 is 7.67 Å². The van der Waals surface area contributed by atoms with Crippen LogP contribution < -0.4 is 66.9 Å². The zero-order chi connectivity index (χ0) is 11.5. The molecule has 0 radical (unpaired) electrons. The van der Waals surface area contributed by atoms with Gasteiger partial charge in [-0.25, -0.2) is 0 Å². The maximum Gasteiger partial charge on any atom is 1.00 e. The summed E-state index contributed by atoms with van der Waals surface area (Å²) in [5, 5.41) is 11.5. The standard InChI is InChI=1S/C8H13N2O4P.K/c1-14-5-6-4-7(2-3-8(6)11)10-15(9,12)13;/h2-4,11H,5H2,1H3,(H4,9,10,12,13);/q;+1/p-1. The summed E-state index contributed by atoms with van der Waals surface area (Å²) in [4.78, 5) is 10.8. The molecule has 0 amide bonds. The number of aromatic hydroxyl groups is 1. The van der Waals surface area contributed by atoms with Crippen molar-refractivity contribution in [2.75, 3.05) is 12.2 Å². The number of hydrogen-bond acceptors (Lipinski definition) is 4. The van der Waals surface area contributed by atoms with E-state index in [0.29, 0.717) is 11.3 Å². The molecule has 1 aromatic carbocycles. The SMILES string of the molecule is COCc1cc(NP(N)(=O)[O-])ccc1O.[K+]. The van der Waals surface area contributed by atoms with Gasteiger partial charge >= 0.3 is 51.4 Å². The summed E-state index contributed by atoms with van der Waals surface area (Å²) >= 11 is 0. The van der Waals surface area contributed by atoms with E-state index in [4.69, 9.17) is 10.2 Å². The molecule has 1 atom stereocenters. The molecule has 0 spiro atoms. The van der Waals surface area contributed by atoms with Gasteiger partial charge in [-0.1, -0.05) is 0 Å². The smallest absolute Gasteiger partial charge is 0.772 e. The largest absolute Gasteiger partial charge is 1.00 e. The van der Waals surface area contributed by atoms with Gasteiger partial charge in [-0.05, 0) is 18.2 Å². The molecule has 1 unspecified atom stereocenters. The van der Waals surface area contributed by atoms with Crippen LogP contribution >= 0.6 is 7.67 Å². The Morgan fingerprint density at radius 3 is 2.75 bits per heavy atom. The van der Waals surface area contributed by atoms with Gasteiger partial charge in [0.05, 0.1) is 6.61 Å². The van der Waals surface area contributed by atoms with Crippen LogP contribution in [0.25, 0.3) is 0 Å². The second-order valence-electron chi connectivity index (χ2n) is 2.99. The number of hydrogen-bond donors (Lipinski definition) is 3. The summed E-state index contributed by atoms with van der Waals surface area (Å²) in [6.07, 6.45) is 0. The van der Waals surface area contributed by atoms with E-state index in [1.165, 1.54) is 25.3 Å². The summed E-state index contributed by atoms with van der Waals surface area (Å²) in [6.45, 7) is 0.190. The van der Waals surface area contributed by atoms with Crippen LogP contribution in [0.15, 0.2) is 18.2 Å². The van der Waals surface area contributed by atoms with E-state index in [-0.39, 0.29) is 63.7 Å². The van der Waals surface area contributed by atoms with Crippen LogP contribution in [0, 0.1) is 0 Å². The van der Waals surface area contributed by atoms with Gasteiger partial charge in [-0.15, -0.1) is 0 Å². The number of ether oxygens (including phenoxy) is 1. The fourth-order valence-electron chi connectivity index (χ4n) is 1.11. The van der Waals surface area contributed by atoms with Crippen molar-refractivity contribution in [2.45, 2.75) is 6.61 Å². The number of nitrogens with two attached hydrogens (primary N) is 1. The molecule has 84 valence electrons. The van der Waals surface area contributed by atoms with Crippen LogP contribution in [0.3, 0.4) is 0 Å². The maximum absolute atomic E-state index is 10.8. The molecule has 0 heterocycles. The molecular formula is C8H12KN2O4P. The summed E-state index contributed by atoms with van der Waals surface area (Å²) in [6, 6.07) is 4.23. The summed E-state index contributed by atoms with van der Waals surface area (Å²) in [5.74, 6) is 0.0418. The van der Waals surface area contributed by atoms with Crippen LogP contribution in [-0.2, 0) is 15.9 Å². The fraction of sp³-hybridized carbons (Fsp3) is 0.250. The molecule has 0 aromatic heterocycles. The number of phenols is 1. The molecule has 1 rings (SSSR count). The molecule has 0 saturated heterocycles. The Kier molecular flexibility index (Phi) is 7.35. The molecule has 0 bridgehead atoms. The van der Waals surface area contributed by atoms with E-state index in [1.807, 2.05) is 0 Å². The second kappa shape index (κ2) is 7.10. The van der Waals surface area contributed by atoms with Gasteiger partial charge < -0.3 is 19.8 Å². The van der Waals surface area contributed by atoms with Crippen LogP contribution in [0.5, 0.6) is 5.75 Å². The fourth-order valence-corrected chi connectivity index (χ4v) is 1.61. The Morgan fingerprint density at radius 2 is 2.25 bits per heavy atom. The minimum Gasteiger partial charge on any atom is -0.772 e. The first-order chi connectivity index (χ1) is 6.92. The van der Waals surface area contributed by atoms with Gasteiger partial charge in [0.25, 0.3) is 0 Å². The minimum absolute atomic E-state index is 0. The van der Waals surface area contributed by atoms with Crippen molar-refractivity contribution >= 4 is 13.4 Å². The van der Waals surface area contributed by atoms with Crippen molar-refractivity contribution in [2.24, 2.45) is 5.50 Å². The zero-order valence-corrected chi connectivity index (χ0v) is 13.2. The average Bonchev–Trinajstić information content (AvgIpc) is 2.09. The molecule has 4 N–H and O–H groups in total. The first kappa shape index (κ1) is 16.6. The summed E-state index contributed by atoms with van der Waals surface area (Å²) < 4.78 is 15.6. The third kappa shape index (κ3) is 5.76. The third-order valence-corrected chi connectivity index (χ3v) is 2.23. The molecule has 16 heavy (non-hydrogen) atoms. The molecular weight excluding hydrogens is 258 g/mol. The van der Waals surface area contributed by atoms with Crippen molar-refractivity contribution in [1.29, 1.82) is 0 Å². The second-order valence-corrected chi connectivity index (χ2v) is 4.40. The number of methoxy groups -OCH3 is 1. The molecule has 6 nitrogen and oxygen atoms in total. The molecule has 0 fully saturated rings. The van der Waals surface area contributed by atoms with E-state index in [9.17, 15) is 14.6 Å². The number of nitrogens with one attached hydrogen (secondary N) is 1. The monoisotopic (exact) mass is 270 g/mol. The van der Waals surface area contributed by atoms with E-state index in [0.717, 1.165) is 0 Å². The van der Waals surface area contributed by atoms with Gasteiger partial charge in [0, 0.05) is 18.4 Å². The quantitative estimate of drug-likeness (QED) is 0.314. The van der Waals surface area contributed by atoms with Gasteiger partial charge in [-0.3, -0.25) is 10.1 Å². The average molecular weight is 270 g/mol. The maximum atomic E-state index is 10.8.